The smallest absolute Gasteiger partial charge is 0.136 e. The summed E-state index contributed by atoms with van der Waals surface area (Å²) in [6.07, 6.45) is 4.60. The first-order valence-electron chi connectivity index (χ1n) is 7.22. The number of likely N-dealkylation sites (N-methyl/N-ethyl adjacent to an activating group) is 1. The number of nitrogens with two attached hydrogens (primary N) is 1. The largest absolute Gasteiger partial charge is 0.389 e. The topological polar surface area (TPSA) is 54.2 Å². The molecule has 0 aromatic carbocycles. The summed E-state index contributed by atoms with van der Waals surface area (Å²) < 4.78 is 0. The number of fused-ring (bicyclic) bond motifs is 1. The molecule has 0 saturated carbocycles. The number of aromatic nitrogens is 1. The summed E-state index contributed by atoms with van der Waals surface area (Å²) in [6, 6.07) is 2.55. The van der Waals surface area contributed by atoms with E-state index in [2.05, 4.69) is 37.3 Å². The van der Waals surface area contributed by atoms with Gasteiger partial charge in [0.2, 0.25) is 0 Å². The Labute approximate surface area is 126 Å². The van der Waals surface area contributed by atoms with Crippen molar-refractivity contribution in [3.8, 4) is 0 Å². The second-order valence-electron chi connectivity index (χ2n) is 5.76. The maximum absolute atomic E-state index is 5.85. The molecule has 0 fully saturated rings. The van der Waals surface area contributed by atoms with E-state index in [0.717, 1.165) is 30.8 Å². The molecule has 1 aromatic rings. The van der Waals surface area contributed by atoms with Crippen molar-refractivity contribution in [3.05, 3.63) is 22.9 Å². The van der Waals surface area contributed by atoms with Gasteiger partial charge >= 0.3 is 0 Å². The van der Waals surface area contributed by atoms with Crippen molar-refractivity contribution in [2.45, 2.75) is 38.6 Å². The van der Waals surface area contributed by atoms with Gasteiger partial charge in [-0.05, 0) is 58.3 Å². The maximum Gasteiger partial charge on any atom is 0.136 e. The Balaban J connectivity index is 2.23. The van der Waals surface area contributed by atoms with E-state index < -0.39 is 0 Å². The van der Waals surface area contributed by atoms with Crippen LogP contribution in [0.25, 0.3) is 0 Å². The minimum Gasteiger partial charge on any atom is -0.389 e. The first-order valence-corrected chi connectivity index (χ1v) is 7.62. The van der Waals surface area contributed by atoms with Crippen LogP contribution in [0.4, 0.5) is 5.82 Å². The lowest BCUT2D eigenvalue weighted by Crippen LogP contribution is -2.32. The van der Waals surface area contributed by atoms with Crippen LogP contribution in [0.5, 0.6) is 0 Å². The number of nitrogens with zero attached hydrogens (tertiary/aromatic N) is 2. The van der Waals surface area contributed by atoms with Gasteiger partial charge in [0.15, 0.2) is 0 Å². The second-order valence-corrected chi connectivity index (χ2v) is 6.20. The lowest BCUT2D eigenvalue weighted by molar-refractivity contribution is 0.326. The van der Waals surface area contributed by atoms with Crippen LogP contribution >= 0.6 is 12.2 Å². The van der Waals surface area contributed by atoms with Crippen molar-refractivity contribution in [2.24, 2.45) is 5.73 Å². The fourth-order valence-corrected chi connectivity index (χ4v) is 2.54. The molecular formula is C15H24N4S. The molecule has 0 saturated heterocycles. The van der Waals surface area contributed by atoms with E-state index >= 15 is 0 Å². The molecule has 0 amide bonds. The maximum atomic E-state index is 5.85. The minimum absolute atomic E-state index is 0.422. The normalized spacial score (nSPS) is 15.8. The van der Waals surface area contributed by atoms with E-state index in [1.54, 1.807) is 0 Å². The van der Waals surface area contributed by atoms with Gasteiger partial charge in [-0.15, -0.1) is 0 Å². The number of aryl methyl sites for hydroxylation is 2. The van der Waals surface area contributed by atoms with Crippen LogP contribution in [0, 0.1) is 0 Å². The van der Waals surface area contributed by atoms with Crippen LogP contribution in [0.1, 0.15) is 36.6 Å². The van der Waals surface area contributed by atoms with Gasteiger partial charge in [-0.1, -0.05) is 12.2 Å². The van der Waals surface area contributed by atoms with Gasteiger partial charge in [0.05, 0.1) is 5.56 Å². The number of nitrogens with one attached hydrogen (secondary N) is 1. The molecule has 1 unspecified atom stereocenters. The van der Waals surface area contributed by atoms with Crippen LogP contribution in [-0.2, 0) is 12.8 Å². The summed E-state index contributed by atoms with van der Waals surface area (Å²) in [4.78, 5) is 7.36. The molecule has 4 nitrogen and oxygen atoms in total. The van der Waals surface area contributed by atoms with Crippen LogP contribution in [0.2, 0.25) is 0 Å². The van der Waals surface area contributed by atoms with Gasteiger partial charge in [0.25, 0.3) is 0 Å². The van der Waals surface area contributed by atoms with Crippen molar-refractivity contribution >= 4 is 23.0 Å². The number of anilines is 1. The highest BCUT2D eigenvalue weighted by molar-refractivity contribution is 7.80. The summed E-state index contributed by atoms with van der Waals surface area (Å²) in [6.45, 7) is 3.00. The molecular weight excluding hydrogens is 268 g/mol. The van der Waals surface area contributed by atoms with Gasteiger partial charge in [-0.3, -0.25) is 0 Å². The predicted octanol–water partition coefficient (Wildman–Crippen LogP) is 1.96. The summed E-state index contributed by atoms with van der Waals surface area (Å²) in [5.74, 6) is 0.840. The number of thiocarbonyl (C=S) groups is 1. The Bertz CT molecular complexity index is 499. The fourth-order valence-electron chi connectivity index (χ4n) is 2.38. The summed E-state index contributed by atoms with van der Waals surface area (Å²) in [5, 5.41) is 3.41. The molecule has 1 heterocycles. The highest BCUT2D eigenvalue weighted by Gasteiger charge is 2.17. The van der Waals surface area contributed by atoms with Crippen LogP contribution in [0.15, 0.2) is 6.07 Å². The van der Waals surface area contributed by atoms with Crippen LogP contribution in [-0.4, -0.2) is 41.6 Å². The van der Waals surface area contributed by atoms with E-state index in [4.69, 9.17) is 22.9 Å². The fraction of sp³-hybridized carbons (Fsp3) is 0.600. The van der Waals surface area contributed by atoms with Crippen molar-refractivity contribution in [1.29, 1.82) is 0 Å². The van der Waals surface area contributed by atoms with Crippen molar-refractivity contribution in [3.63, 3.8) is 0 Å². The SMILES string of the molecule is CC(CNc1nc2c(cc1C(N)=S)CCCC2)N(C)C. The molecule has 0 bridgehead atoms. The van der Waals surface area contributed by atoms with Gasteiger partial charge in [0, 0.05) is 18.3 Å². The molecule has 3 N–H and O–H groups in total. The molecule has 1 aliphatic carbocycles. The molecule has 2 rings (SSSR count). The molecule has 0 aliphatic heterocycles. The van der Waals surface area contributed by atoms with Crippen molar-refractivity contribution in [1.82, 2.24) is 9.88 Å². The zero-order chi connectivity index (χ0) is 14.7. The average Bonchev–Trinajstić information content (AvgIpc) is 2.43. The lowest BCUT2D eigenvalue weighted by atomic mass is 9.94. The number of hydrogen-bond acceptors (Lipinski definition) is 4. The molecule has 110 valence electrons. The summed E-state index contributed by atoms with van der Waals surface area (Å²) in [5.41, 5.74) is 9.25. The quantitative estimate of drug-likeness (QED) is 0.813. The van der Waals surface area contributed by atoms with Gasteiger partial charge in [-0.25, -0.2) is 4.98 Å². The van der Waals surface area contributed by atoms with E-state index in [1.807, 2.05) is 0 Å². The number of rotatable bonds is 5. The molecule has 20 heavy (non-hydrogen) atoms. The third-order valence-electron chi connectivity index (χ3n) is 4.01. The average molecular weight is 292 g/mol. The van der Waals surface area contributed by atoms with E-state index in [0.29, 0.717) is 11.0 Å². The molecule has 5 heteroatoms. The minimum atomic E-state index is 0.422. The Morgan fingerprint density at radius 1 is 1.45 bits per heavy atom. The van der Waals surface area contributed by atoms with Gasteiger partial charge < -0.3 is 16.0 Å². The Morgan fingerprint density at radius 3 is 2.80 bits per heavy atom. The molecule has 1 aromatic heterocycles. The highest BCUT2D eigenvalue weighted by Crippen LogP contribution is 2.24. The first kappa shape index (κ1) is 15.2. The first-order chi connectivity index (χ1) is 9.49. The van der Waals surface area contributed by atoms with Crippen molar-refractivity contribution < 1.29 is 0 Å². The molecule has 0 spiro atoms. The van der Waals surface area contributed by atoms with Gasteiger partial charge in [0.1, 0.15) is 10.8 Å². The third kappa shape index (κ3) is 3.46. The van der Waals surface area contributed by atoms with Crippen LogP contribution in [0.3, 0.4) is 0 Å². The summed E-state index contributed by atoms with van der Waals surface area (Å²) in [7, 11) is 4.14. The zero-order valence-corrected chi connectivity index (χ0v) is 13.4. The molecule has 1 atom stereocenters. The molecule has 1 aliphatic rings. The Morgan fingerprint density at radius 2 is 2.15 bits per heavy atom. The van der Waals surface area contributed by atoms with Gasteiger partial charge in [-0.2, -0.15) is 0 Å². The van der Waals surface area contributed by atoms with Crippen LogP contribution < -0.4 is 11.1 Å². The molecule has 0 radical (unpaired) electrons. The van der Waals surface area contributed by atoms with E-state index in [9.17, 15) is 0 Å². The Hall–Kier alpha value is -1.20. The zero-order valence-electron chi connectivity index (χ0n) is 12.6. The second kappa shape index (κ2) is 6.50. The highest BCUT2D eigenvalue weighted by atomic mass is 32.1. The number of pyridine rings is 1. The van der Waals surface area contributed by atoms with E-state index in [-0.39, 0.29) is 0 Å². The lowest BCUT2D eigenvalue weighted by Gasteiger charge is -2.23. The third-order valence-corrected chi connectivity index (χ3v) is 4.23. The number of hydrogen-bond donors (Lipinski definition) is 2. The van der Waals surface area contributed by atoms with Crippen molar-refractivity contribution in [2.75, 3.05) is 26.0 Å². The predicted molar refractivity (Wildman–Crippen MR) is 88.4 cm³/mol. The monoisotopic (exact) mass is 292 g/mol. The Kier molecular flexibility index (Phi) is 4.94. The summed E-state index contributed by atoms with van der Waals surface area (Å²) >= 11 is 5.17. The van der Waals surface area contributed by atoms with E-state index in [1.165, 1.54) is 24.1 Å². The standard InChI is InChI=1S/C15H24N4S/c1-10(19(2)3)9-17-15-12(14(16)20)8-11-6-4-5-7-13(11)18-15/h8,10H,4-7,9H2,1-3H3,(H2,16,20)(H,17,18).